The predicted molar refractivity (Wildman–Crippen MR) is 48.5 cm³/mol. The molecule has 1 saturated heterocycles. The molecule has 1 heterocycles. The van der Waals surface area contributed by atoms with Crippen molar-refractivity contribution >= 4 is 0 Å². The predicted octanol–water partition coefficient (Wildman–Crippen LogP) is -0.982. The fourth-order valence-electron chi connectivity index (χ4n) is 1.35. The maximum atomic E-state index is 9.40. The van der Waals surface area contributed by atoms with Crippen molar-refractivity contribution in [2.24, 2.45) is 0 Å². The Labute approximate surface area is 82.6 Å². The smallest absolute Gasteiger partial charge is 0.161 e. The average Bonchev–Trinajstić information content (AvgIpc) is 2.19. The Hall–Kier alpha value is -0.460. The standard InChI is InChI=1S/C9H16O5/c1-2-3-13-8-4-6(11)9(12)7(5-10)14-8/h2,6-12H,1,3-5H2. The van der Waals surface area contributed by atoms with Crippen molar-refractivity contribution in [3.8, 4) is 0 Å². The molecule has 82 valence electrons. The van der Waals surface area contributed by atoms with Gasteiger partial charge in [-0.1, -0.05) is 6.08 Å². The lowest BCUT2D eigenvalue weighted by molar-refractivity contribution is -0.253. The maximum absolute atomic E-state index is 9.40. The van der Waals surface area contributed by atoms with Crippen LogP contribution in [0.2, 0.25) is 0 Å². The van der Waals surface area contributed by atoms with Crippen LogP contribution in [0.15, 0.2) is 12.7 Å². The van der Waals surface area contributed by atoms with Gasteiger partial charge in [0, 0.05) is 6.42 Å². The highest BCUT2D eigenvalue weighted by Gasteiger charge is 2.36. The Balaban J connectivity index is 2.45. The molecule has 0 spiro atoms. The van der Waals surface area contributed by atoms with Gasteiger partial charge in [-0.05, 0) is 0 Å². The first-order valence-electron chi connectivity index (χ1n) is 4.54. The zero-order valence-electron chi connectivity index (χ0n) is 7.87. The van der Waals surface area contributed by atoms with Gasteiger partial charge in [0.1, 0.15) is 12.2 Å². The molecule has 5 heteroatoms. The number of aliphatic hydroxyl groups excluding tert-OH is 3. The molecule has 4 unspecified atom stereocenters. The summed E-state index contributed by atoms with van der Waals surface area (Å²) in [7, 11) is 0. The van der Waals surface area contributed by atoms with Crippen LogP contribution in [0.4, 0.5) is 0 Å². The first-order valence-corrected chi connectivity index (χ1v) is 4.54. The van der Waals surface area contributed by atoms with E-state index in [2.05, 4.69) is 6.58 Å². The van der Waals surface area contributed by atoms with Gasteiger partial charge in [0.2, 0.25) is 0 Å². The quantitative estimate of drug-likeness (QED) is 0.513. The summed E-state index contributed by atoms with van der Waals surface area (Å²) >= 11 is 0. The van der Waals surface area contributed by atoms with Crippen LogP contribution in [-0.4, -0.2) is 53.1 Å². The van der Waals surface area contributed by atoms with Gasteiger partial charge in [0.25, 0.3) is 0 Å². The molecule has 3 N–H and O–H groups in total. The molecule has 0 aromatic rings. The molecule has 1 rings (SSSR count). The molecule has 0 aromatic heterocycles. The number of ether oxygens (including phenoxy) is 2. The van der Waals surface area contributed by atoms with Gasteiger partial charge in [-0.2, -0.15) is 0 Å². The first-order chi connectivity index (χ1) is 6.69. The van der Waals surface area contributed by atoms with E-state index in [4.69, 9.17) is 14.6 Å². The third-order valence-corrected chi connectivity index (χ3v) is 2.12. The second-order valence-electron chi connectivity index (χ2n) is 3.20. The second kappa shape index (κ2) is 5.43. The monoisotopic (exact) mass is 204 g/mol. The fraction of sp³-hybridized carbons (Fsp3) is 0.778. The van der Waals surface area contributed by atoms with E-state index in [0.29, 0.717) is 6.61 Å². The van der Waals surface area contributed by atoms with Crippen LogP contribution in [0.1, 0.15) is 6.42 Å². The third-order valence-electron chi connectivity index (χ3n) is 2.12. The number of rotatable bonds is 4. The Kier molecular flexibility index (Phi) is 4.50. The molecule has 0 aliphatic carbocycles. The minimum absolute atomic E-state index is 0.200. The molecule has 0 radical (unpaired) electrons. The highest BCUT2D eigenvalue weighted by Crippen LogP contribution is 2.20. The molecular formula is C9H16O5. The number of aliphatic hydroxyl groups is 3. The van der Waals surface area contributed by atoms with Crippen LogP contribution in [0.3, 0.4) is 0 Å². The summed E-state index contributed by atoms with van der Waals surface area (Å²) in [5.74, 6) is 0. The van der Waals surface area contributed by atoms with Gasteiger partial charge in [-0.3, -0.25) is 0 Å². The molecule has 0 bridgehead atoms. The second-order valence-corrected chi connectivity index (χ2v) is 3.20. The third kappa shape index (κ3) is 2.76. The SMILES string of the molecule is C=CCOC1CC(O)C(O)C(CO)O1. The van der Waals surface area contributed by atoms with Crippen LogP contribution < -0.4 is 0 Å². The molecule has 1 fully saturated rings. The summed E-state index contributed by atoms with van der Waals surface area (Å²) in [5, 5.41) is 27.6. The maximum Gasteiger partial charge on any atom is 0.161 e. The Morgan fingerprint density at radius 2 is 2.21 bits per heavy atom. The van der Waals surface area contributed by atoms with Crippen molar-refractivity contribution in [1.82, 2.24) is 0 Å². The normalized spacial score (nSPS) is 38.2. The zero-order chi connectivity index (χ0) is 10.6. The van der Waals surface area contributed by atoms with Crippen LogP contribution in [0, 0.1) is 0 Å². The number of hydrogen-bond donors (Lipinski definition) is 3. The highest BCUT2D eigenvalue weighted by molar-refractivity contribution is 4.82. The molecule has 4 atom stereocenters. The number of hydrogen-bond acceptors (Lipinski definition) is 5. The van der Waals surface area contributed by atoms with E-state index in [1.165, 1.54) is 0 Å². The summed E-state index contributed by atoms with van der Waals surface area (Å²) in [5.41, 5.74) is 0. The minimum Gasteiger partial charge on any atom is -0.394 e. The highest BCUT2D eigenvalue weighted by atomic mass is 16.7. The zero-order valence-corrected chi connectivity index (χ0v) is 7.87. The van der Waals surface area contributed by atoms with E-state index in [1.807, 2.05) is 0 Å². The van der Waals surface area contributed by atoms with E-state index in [1.54, 1.807) is 6.08 Å². The average molecular weight is 204 g/mol. The molecule has 0 amide bonds. The summed E-state index contributed by atoms with van der Waals surface area (Å²) in [4.78, 5) is 0. The molecule has 0 saturated carbocycles. The Morgan fingerprint density at radius 3 is 2.79 bits per heavy atom. The largest absolute Gasteiger partial charge is 0.394 e. The molecule has 0 aromatic carbocycles. The van der Waals surface area contributed by atoms with Gasteiger partial charge in [0.15, 0.2) is 6.29 Å². The van der Waals surface area contributed by atoms with E-state index >= 15 is 0 Å². The topological polar surface area (TPSA) is 79.2 Å². The van der Waals surface area contributed by atoms with Crippen molar-refractivity contribution in [3.63, 3.8) is 0 Å². The van der Waals surface area contributed by atoms with Crippen molar-refractivity contribution in [3.05, 3.63) is 12.7 Å². The summed E-state index contributed by atoms with van der Waals surface area (Å²) in [6.45, 7) is 3.45. The lowest BCUT2D eigenvalue weighted by Gasteiger charge is -2.35. The van der Waals surface area contributed by atoms with Crippen molar-refractivity contribution in [2.45, 2.75) is 31.0 Å². The van der Waals surface area contributed by atoms with E-state index in [-0.39, 0.29) is 13.0 Å². The Bertz CT molecular complexity index is 184. The van der Waals surface area contributed by atoms with E-state index in [0.717, 1.165) is 0 Å². The van der Waals surface area contributed by atoms with Crippen LogP contribution >= 0.6 is 0 Å². The molecule has 14 heavy (non-hydrogen) atoms. The molecule has 1 aliphatic rings. The Morgan fingerprint density at radius 1 is 1.50 bits per heavy atom. The van der Waals surface area contributed by atoms with Crippen molar-refractivity contribution in [2.75, 3.05) is 13.2 Å². The summed E-state index contributed by atoms with van der Waals surface area (Å²) in [6.07, 6.45) is -1.59. The first kappa shape index (κ1) is 11.6. The van der Waals surface area contributed by atoms with Crippen LogP contribution in [0.5, 0.6) is 0 Å². The van der Waals surface area contributed by atoms with Gasteiger partial charge in [-0.25, -0.2) is 0 Å². The van der Waals surface area contributed by atoms with Crippen LogP contribution in [-0.2, 0) is 9.47 Å². The van der Waals surface area contributed by atoms with Gasteiger partial charge < -0.3 is 24.8 Å². The van der Waals surface area contributed by atoms with Crippen LogP contribution in [0.25, 0.3) is 0 Å². The summed E-state index contributed by atoms with van der Waals surface area (Å²) < 4.78 is 10.4. The lowest BCUT2D eigenvalue weighted by Crippen LogP contribution is -2.50. The van der Waals surface area contributed by atoms with Gasteiger partial charge in [-0.15, -0.1) is 6.58 Å². The van der Waals surface area contributed by atoms with Gasteiger partial charge in [0.05, 0.1) is 19.3 Å². The van der Waals surface area contributed by atoms with E-state index in [9.17, 15) is 10.2 Å². The lowest BCUT2D eigenvalue weighted by atomic mass is 10.0. The van der Waals surface area contributed by atoms with Crippen molar-refractivity contribution in [1.29, 1.82) is 0 Å². The fourth-order valence-corrected chi connectivity index (χ4v) is 1.35. The minimum atomic E-state index is -1.05. The van der Waals surface area contributed by atoms with Gasteiger partial charge >= 0.3 is 0 Å². The molecule has 1 aliphatic heterocycles. The summed E-state index contributed by atoms with van der Waals surface area (Å²) in [6, 6.07) is 0. The molecular weight excluding hydrogens is 188 g/mol. The van der Waals surface area contributed by atoms with Crippen molar-refractivity contribution < 1.29 is 24.8 Å². The van der Waals surface area contributed by atoms with E-state index < -0.39 is 24.6 Å². The molecule has 5 nitrogen and oxygen atoms in total.